The highest BCUT2D eigenvalue weighted by Crippen LogP contribution is 2.35. The van der Waals surface area contributed by atoms with Crippen LogP contribution >= 0.6 is 11.8 Å². The molecule has 1 atom stereocenters. The molecular formula is C16H18FNOS. The van der Waals surface area contributed by atoms with E-state index >= 15 is 0 Å². The smallest absolute Gasteiger partial charge is 0.126 e. The number of nitrogens with two attached hydrogens (primary N) is 1. The maximum atomic E-state index is 13.7. The van der Waals surface area contributed by atoms with Gasteiger partial charge in [-0.05, 0) is 61.4 Å². The summed E-state index contributed by atoms with van der Waals surface area (Å²) in [5, 5.41) is 0. The van der Waals surface area contributed by atoms with Gasteiger partial charge in [0.05, 0.1) is 7.11 Å². The van der Waals surface area contributed by atoms with E-state index in [2.05, 4.69) is 0 Å². The van der Waals surface area contributed by atoms with Crippen molar-refractivity contribution in [1.82, 2.24) is 0 Å². The number of halogens is 1. The molecule has 0 saturated carbocycles. The molecule has 0 heterocycles. The lowest BCUT2D eigenvalue weighted by Gasteiger charge is -2.14. The van der Waals surface area contributed by atoms with Gasteiger partial charge in [0, 0.05) is 15.8 Å². The number of ether oxygens (including phenoxy) is 1. The van der Waals surface area contributed by atoms with E-state index in [0.29, 0.717) is 5.56 Å². The molecular weight excluding hydrogens is 273 g/mol. The van der Waals surface area contributed by atoms with Crippen LogP contribution in [-0.4, -0.2) is 7.11 Å². The van der Waals surface area contributed by atoms with Crippen LogP contribution in [0, 0.1) is 12.7 Å². The molecule has 2 aromatic carbocycles. The summed E-state index contributed by atoms with van der Waals surface area (Å²) in [4.78, 5) is 2.06. The minimum Gasteiger partial charge on any atom is -0.497 e. The van der Waals surface area contributed by atoms with Gasteiger partial charge >= 0.3 is 0 Å². The molecule has 2 N–H and O–H groups in total. The summed E-state index contributed by atoms with van der Waals surface area (Å²) in [6.07, 6.45) is 0. The lowest BCUT2D eigenvalue weighted by Crippen LogP contribution is -2.07. The molecule has 0 amide bonds. The van der Waals surface area contributed by atoms with Gasteiger partial charge in [-0.15, -0.1) is 0 Å². The molecule has 2 aromatic rings. The summed E-state index contributed by atoms with van der Waals surface area (Å²) in [5.41, 5.74) is 7.39. The molecule has 2 rings (SSSR count). The topological polar surface area (TPSA) is 35.2 Å². The predicted octanol–water partition coefficient (Wildman–Crippen LogP) is 4.31. The highest BCUT2D eigenvalue weighted by molar-refractivity contribution is 7.99. The Morgan fingerprint density at radius 3 is 2.40 bits per heavy atom. The van der Waals surface area contributed by atoms with Gasteiger partial charge < -0.3 is 10.5 Å². The minimum atomic E-state index is -0.212. The van der Waals surface area contributed by atoms with E-state index in [-0.39, 0.29) is 11.9 Å². The van der Waals surface area contributed by atoms with Gasteiger partial charge in [0.2, 0.25) is 0 Å². The van der Waals surface area contributed by atoms with Gasteiger partial charge in [-0.25, -0.2) is 4.39 Å². The standard InChI is InChI=1S/C16H18FNOS/c1-10-8-16(14(11(2)18)9-15(10)17)20-13-6-4-12(19-3)5-7-13/h4-9,11H,18H2,1-3H3. The zero-order valence-corrected chi connectivity index (χ0v) is 12.6. The van der Waals surface area contributed by atoms with E-state index < -0.39 is 0 Å². The first-order valence-electron chi connectivity index (χ1n) is 6.39. The summed E-state index contributed by atoms with van der Waals surface area (Å²) < 4.78 is 18.8. The molecule has 0 fully saturated rings. The van der Waals surface area contributed by atoms with E-state index in [0.717, 1.165) is 21.1 Å². The average Bonchev–Trinajstić information content (AvgIpc) is 2.43. The Morgan fingerprint density at radius 1 is 1.20 bits per heavy atom. The van der Waals surface area contributed by atoms with Crippen LogP contribution in [0.4, 0.5) is 4.39 Å². The van der Waals surface area contributed by atoms with E-state index in [1.165, 1.54) is 6.07 Å². The Morgan fingerprint density at radius 2 is 1.85 bits per heavy atom. The van der Waals surface area contributed by atoms with Gasteiger partial charge in [0.15, 0.2) is 0 Å². The Kier molecular flexibility index (Phi) is 4.68. The van der Waals surface area contributed by atoms with Crippen LogP contribution in [0.3, 0.4) is 0 Å². The summed E-state index contributed by atoms with van der Waals surface area (Å²) in [6.45, 7) is 3.63. The van der Waals surface area contributed by atoms with Crippen molar-refractivity contribution < 1.29 is 9.13 Å². The van der Waals surface area contributed by atoms with Crippen molar-refractivity contribution in [3.8, 4) is 5.75 Å². The SMILES string of the molecule is COc1ccc(Sc2cc(C)c(F)cc2C(C)N)cc1. The van der Waals surface area contributed by atoms with Gasteiger partial charge in [0.1, 0.15) is 11.6 Å². The highest BCUT2D eigenvalue weighted by atomic mass is 32.2. The first-order valence-corrected chi connectivity index (χ1v) is 7.20. The number of aryl methyl sites for hydroxylation is 1. The van der Waals surface area contributed by atoms with E-state index in [1.54, 1.807) is 25.8 Å². The fourth-order valence-electron chi connectivity index (χ4n) is 1.89. The Labute approximate surface area is 123 Å². The van der Waals surface area contributed by atoms with Crippen LogP contribution in [0.2, 0.25) is 0 Å². The molecule has 2 nitrogen and oxygen atoms in total. The predicted molar refractivity (Wildman–Crippen MR) is 80.9 cm³/mol. The third-order valence-corrected chi connectivity index (χ3v) is 4.15. The normalized spacial score (nSPS) is 12.2. The molecule has 4 heteroatoms. The van der Waals surface area contributed by atoms with Gasteiger partial charge in [-0.3, -0.25) is 0 Å². The fraction of sp³-hybridized carbons (Fsp3) is 0.250. The van der Waals surface area contributed by atoms with Crippen molar-refractivity contribution >= 4 is 11.8 Å². The van der Waals surface area contributed by atoms with E-state index in [1.807, 2.05) is 37.3 Å². The van der Waals surface area contributed by atoms with Crippen molar-refractivity contribution in [3.63, 3.8) is 0 Å². The zero-order chi connectivity index (χ0) is 14.7. The van der Waals surface area contributed by atoms with Gasteiger partial charge in [0.25, 0.3) is 0 Å². The van der Waals surface area contributed by atoms with Gasteiger partial charge in [-0.2, -0.15) is 0 Å². The second-order valence-electron chi connectivity index (χ2n) is 4.71. The summed E-state index contributed by atoms with van der Waals surface area (Å²) in [6, 6.07) is 11.0. The Hall–Kier alpha value is -1.52. The van der Waals surface area contributed by atoms with Crippen LogP contribution in [0.5, 0.6) is 5.75 Å². The second kappa shape index (κ2) is 6.29. The molecule has 0 bridgehead atoms. The molecule has 1 unspecified atom stereocenters. The fourth-order valence-corrected chi connectivity index (χ4v) is 3.01. The van der Waals surface area contributed by atoms with Gasteiger partial charge in [-0.1, -0.05) is 11.8 Å². The summed E-state index contributed by atoms with van der Waals surface area (Å²) in [5.74, 6) is 0.605. The zero-order valence-electron chi connectivity index (χ0n) is 11.8. The van der Waals surface area contributed by atoms with Crippen LogP contribution in [-0.2, 0) is 0 Å². The third kappa shape index (κ3) is 3.32. The monoisotopic (exact) mass is 291 g/mol. The summed E-state index contributed by atoms with van der Waals surface area (Å²) >= 11 is 1.58. The van der Waals surface area contributed by atoms with Crippen LogP contribution in [0.15, 0.2) is 46.2 Å². The molecule has 20 heavy (non-hydrogen) atoms. The largest absolute Gasteiger partial charge is 0.497 e. The quantitative estimate of drug-likeness (QED) is 0.911. The van der Waals surface area contributed by atoms with Crippen molar-refractivity contribution in [1.29, 1.82) is 0 Å². The maximum Gasteiger partial charge on any atom is 0.126 e. The summed E-state index contributed by atoms with van der Waals surface area (Å²) in [7, 11) is 1.64. The van der Waals surface area contributed by atoms with Crippen LogP contribution in [0.25, 0.3) is 0 Å². The van der Waals surface area contributed by atoms with Crippen molar-refractivity contribution in [2.24, 2.45) is 5.73 Å². The average molecular weight is 291 g/mol. The second-order valence-corrected chi connectivity index (χ2v) is 5.82. The Bertz CT molecular complexity index is 596. The van der Waals surface area contributed by atoms with Crippen molar-refractivity contribution in [2.75, 3.05) is 7.11 Å². The molecule has 0 aliphatic carbocycles. The first kappa shape index (κ1) is 14.9. The number of methoxy groups -OCH3 is 1. The minimum absolute atomic E-state index is 0.203. The molecule has 0 saturated heterocycles. The molecule has 0 radical (unpaired) electrons. The van der Waals surface area contributed by atoms with Crippen LogP contribution < -0.4 is 10.5 Å². The molecule has 106 valence electrons. The first-order chi connectivity index (χ1) is 9.51. The molecule has 0 aromatic heterocycles. The molecule has 0 aliphatic rings. The lowest BCUT2D eigenvalue weighted by atomic mass is 10.1. The molecule has 0 aliphatic heterocycles. The lowest BCUT2D eigenvalue weighted by molar-refractivity contribution is 0.414. The number of benzene rings is 2. The van der Waals surface area contributed by atoms with E-state index in [9.17, 15) is 4.39 Å². The van der Waals surface area contributed by atoms with Crippen molar-refractivity contribution in [2.45, 2.75) is 29.7 Å². The molecule has 0 spiro atoms. The highest BCUT2D eigenvalue weighted by Gasteiger charge is 2.12. The number of hydrogen-bond donors (Lipinski definition) is 1. The van der Waals surface area contributed by atoms with E-state index in [4.69, 9.17) is 10.5 Å². The maximum absolute atomic E-state index is 13.7. The Balaban J connectivity index is 2.33. The van der Waals surface area contributed by atoms with Crippen molar-refractivity contribution in [3.05, 3.63) is 53.3 Å². The number of hydrogen-bond acceptors (Lipinski definition) is 3. The third-order valence-electron chi connectivity index (χ3n) is 3.07. The van der Waals surface area contributed by atoms with Crippen LogP contribution in [0.1, 0.15) is 24.1 Å². The number of rotatable bonds is 4.